The number of benzene rings is 2. The van der Waals surface area contributed by atoms with Gasteiger partial charge in [-0.15, -0.1) is 0 Å². The van der Waals surface area contributed by atoms with Gasteiger partial charge in [-0.1, -0.05) is 84.0 Å². The second kappa shape index (κ2) is 7.65. The molecule has 0 saturated heterocycles. The van der Waals surface area contributed by atoms with E-state index in [-0.39, 0.29) is 0 Å². The lowest BCUT2D eigenvalue weighted by molar-refractivity contribution is 0.190. The standard InChI is InChI=1S/C28H28O/c1-19-8-11-27-25(23(19)16-17-29-2)14-15-26-24-12-9-21(20-6-4-3-5-7-20)18-22(24)10-13-28(26)27/h3-9,11-15,21,23H,10,16-18H2,1-2H3. The Morgan fingerprint density at radius 3 is 2.69 bits per heavy atom. The summed E-state index contributed by atoms with van der Waals surface area (Å²) in [7, 11) is 1.79. The molecule has 2 unspecified atom stereocenters. The molecule has 0 aromatic heterocycles. The molecular weight excluding hydrogens is 352 g/mol. The Morgan fingerprint density at radius 1 is 1.00 bits per heavy atom. The Hall–Kier alpha value is -2.64. The summed E-state index contributed by atoms with van der Waals surface area (Å²) >= 11 is 0. The molecule has 2 aromatic rings. The molecule has 0 spiro atoms. The molecule has 1 nitrogen and oxygen atoms in total. The van der Waals surface area contributed by atoms with Crippen LogP contribution in [0.4, 0.5) is 0 Å². The second-order valence-corrected chi connectivity index (χ2v) is 8.45. The van der Waals surface area contributed by atoms with Gasteiger partial charge in [0.05, 0.1) is 0 Å². The van der Waals surface area contributed by atoms with E-state index in [9.17, 15) is 0 Å². The minimum absolute atomic E-state index is 0.466. The number of ether oxygens (including phenoxy) is 1. The molecule has 2 aromatic carbocycles. The predicted octanol–water partition coefficient (Wildman–Crippen LogP) is 5.23. The number of hydrogen-bond donors (Lipinski definition) is 0. The summed E-state index contributed by atoms with van der Waals surface area (Å²) in [6, 6.07) is 15.6. The van der Waals surface area contributed by atoms with E-state index in [1.807, 2.05) is 0 Å². The van der Waals surface area contributed by atoms with E-state index < -0.39 is 0 Å². The first kappa shape index (κ1) is 18.4. The van der Waals surface area contributed by atoms with Crippen molar-refractivity contribution in [2.24, 2.45) is 0 Å². The van der Waals surface area contributed by atoms with Crippen LogP contribution in [-0.4, -0.2) is 13.7 Å². The van der Waals surface area contributed by atoms with Gasteiger partial charge in [0.1, 0.15) is 0 Å². The summed E-state index contributed by atoms with van der Waals surface area (Å²) in [4.78, 5) is 0. The van der Waals surface area contributed by atoms with Crippen molar-refractivity contribution in [3.05, 3.63) is 99.0 Å². The number of methoxy groups -OCH3 is 1. The largest absolute Gasteiger partial charge is 0.385 e. The van der Waals surface area contributed by atoms with Crippen molar-refractivity contribution in [1.82, 2.24) is 0 Å². The predicted molar refractivity (Wildman–Crippen MR) is 122 cm³/mol. The summed E-state index contributed by atoms with van der Waals surface area (Å²) in [5.74, 6) is 0.964. The van der Waals surface area contributed by atoms with Gasteiger partial charge in [0, 0.05) is 25.6 Å². The van der Waals surface area contributed by atoms with E-state index >= 15 is 0 Å². The molecule has 0 N–H and O–H groups in total. The molecule has 5 rings (SSSR count). The highest BCUT2D eigenvalue weighted by Gasteiger charge is 2.24. The quantitative estimate of drug-likeness (QED) is 0.706. The highest BCUT2D eigenvalue weighted by Crippen LogP contribution is 2.38. The fraction of sp³-hybridized carbons (Fsp3) is 0.286. The number of hydrogen-bond acceptors (Lipinski definition) is 1. The molecule has 2 atom stereocenters. The number of allylic oxidation sites excluding steroid dienone is 6. The van der Waals surface area contributed by atoms with Gasteiger partial charge in [-0.2, -0.15) is 0 Å². The van der Waals surface area contributed by atoms with E-state index in [0.29, 0.717) is 11.8 Å². The van der Waals surface area contributed by atoms with Gasteiger partial charge < -0.3 is 4.74 Å². The normalized spacial score (nSPS) is 22.1. The first-order valence-corrected chi connectivity index (χ1v) is 10.7. The summed E-state index contributed by atoms with van der Waals surface area (Å²) in [5, 5.41) is 2.84. The van der Waals surface area contributed by atoms with Crippen LogP contribution in [0.15, 0.2) is 71.8 Å². The zero-order valence-electron chi connectivity index (χ0n) is 17.3. The maximum Gasteiger partial charge on any atom is 0.0471 e. The third-order valence-corrected chi connectivity index (χ3v) is 6.78. The van der Waals surface area contributed by atoms with Crippen LogP contribution in [0.3, 0.4) is 0 Å². The van der Waals surface area contributed by atoms with Crippen molar-refractivity contribution in [2.75, 3.05) is 13.7 Å². The topological polar surface area (TPSA) is 9.23 Å². The minimum atomic E-state index is 0.466. The Labute approximate surface area is 173 Å². The number of rotatable bonds is 4. The van der Waals surface area contributed by atoms with Crippen LogP contribution in [0.2, 0.25) is 0 Å². The van der Waals surface area contributed by atoms with E-state index in [1.165, 1.54) is 38.3 Å². The lowest BCUT2D eigenvalue weighted by Crippen LogP contribution is -2.36. The zero-order chi connectivity index (χ0) is 19.8. The lowest BCUT2D eigenvalue weighted by atomic mass is 9.77. The Balaban J connectivity index is 1.53. The molecule has 0 radical (unpaired) electrons. The third-order valence-electron chi connectivity index (χ3n) is 6.78. The van der Waals surface area contributed by atoms with E-state index in [2.05, 4.69) is 79.8 Å². The molecule has 0 fully saturated rings. The van der Waals surface area contributed by atoms with E-state index in [0.717, 1.165) is 25.9 Å². The molecule has 0 aliphatic heterocycles. The van der Waals surface area contributed by atoms with Crippen LogP contribution in [0.5, 0.6) is 0 Å². The van der Waals surface area contributed by atoms with Crippen molar-refractivity contribution < 1.29 is 4.74 Å². The second-order valence-electron chi connectivity index (χ2n) is 8.45. The van der Waals surface area contributed by atoms with E-state index in [1.54, 1.807) is 12.7 Å². The van der Waals surface area contributed by atoms with Crippen molar-refractivity contribution in [2.45, 2.75) is 38.0 Å². The molecular formula is C28H28O. The Bertz CT molecular complexity index is 1140. The van der Waals surface area contributed by atoms with Crippen LogP contribution < -0.4 is 10.4 Å². The van der Waals surface area contributed by atoms with Crippen molar-refractivity contribution in [1.29, 1.82) is 0 Å². The SMILES string of the molecule is COCCC1C(C)=CC=c2c1ccc1c2=CCC2=C1C=CC(c1ccccc1)C2. The summed E-state index contributed by atoms with van der Waals surface area (Å²) in [6.45, 7) is 3.05. The molecule has 146 valence electrons. The van der Waals surface area contributed by atoms with Crippen LogP contribution in [-0.2, 0) is 4.74 Å². The smallest absolute Gasteiger partial charge is 0.0471 e. The summed E-state index contributed by atoms with van der Waals surface area (Å²) in [5.41, 5.74) is 8.75. The van der Waals surface area contributed by atoms with Crippen LogP contribution >= 0.6 is 0 Å². The van der Waals surface area contributed by atoms with Gasteiger partial charge in [-0.3, -0.25) is 0 Å². The average molecular weight is 381 g/mol. The van der Waals surface area contributed by atoms with Gasteiger partial charge in [-0.05, 0) is 58.9 Å². The van der Waals surface area contributed by atoms with Gasteiger partial charge in [0.25, 0.3) is 0 Å². The maximum atomic E-state index is 5.38. The highest BCUT2D eigenvalue weighted by molar-refractivity contribution is 5.82. The van der Waals surface area contributed by atoms with Crippen molar-refractivity contribution in [3.8, 4) is 0 Å². The highest BCUT2D eigenvalue weighted by atomic mass is 16.5. The third kappa shape index (κ3) is 3.24. The molecule has 1 heteroatoms. The van der Waals surface area contributed by atoms with Gasteiger partial charge in [0.2, 0.25) is 0 Å². The van der Waals surface area contributed by atoms with Crippen LogP contribution in [0.1, 0.15) is 54.7 Å². The average Bonchev–Trinajstić information content (AvgIpc) is 2.78. The minimum Gasteiger partial charge on any atom is -0.385 e. The lowest BCUT2D eigenvalue weighted by Gasteiger charge is -2.28. The molecule has 0 heterocycles. The Kier molecular flexibility index (Phi) is 4.85. The summed E-state index contributed by atoms with van der Waals surface area (Å²) < 4.78 is 5.38. The van der Waals surface area contributed by atoms with Crippen LogP contribution in [0, 0.1) is 0 Å². The van der Waals surface area contributed by atoms with Crippen LogP contribution in [0.25, 0.3) is 17.7 Å². The first-order chi connectivity index (χ1) is 14.3. The molecule has 29 heavy (non-hydrogen) atoms. The molecule has 0 bridgehead atoms. The molecule has 0 saturated carbocycles. The fourth-order valence-corrected chi connectivity index (χ4v) is 5.19. The van der Waals surface area contributed by atoms with E-state index in [4.69, 9.17) is 4.74 Å². The monoisotopic (exact) mass is 380 g/mol. The first-order valence-electron chi connectivity index (χ1n) is 10.7. The van der Waals surface area contributed by atoms with Gasteiger partial charge >= 0.3 is 0 Å². The zero-order valence-corrected chi connectivity index (χ0v) is 17.3. The maximum absolute atomic E-state index is 5.38. The van der Waals surface area contributed by atoms with Crippen molar-refractivity contribution >= 4 is 17.7 Å². The summed E-state index contributed by atoms with van der Waals surface area (Å²) in [6.07, 6.45) is 15.1. The molecule has 3 aliphatic rings. The van der Waals surface area contributed by atoms with Crippen molar-refractivity contribution in [3.63, 3.8) is 0 Å². The molecule has 0 amide bonds. The Morgan fingerprint density at radius 2 is 1.86 bits per heavy atom. The number of fused-ring (bicyclic) bond motifs is 4. The van der Waals surface area contributed by atoms with Gasteiger partial charge in [0.15, 0.2) is 0 Å². The molecule has 3 aliphatic carbocycles. The van der Waals surface area contributed by atoms with Gasteiger partial charge in [-0.25, -0.2) is 0 Å². The fourth-order valence-electron chi connectivity index (χ4n) is 5.19.